The van der Waals surface area contributed by atoms with Crippen molar-refractivity contribution in [3.63, 3.8) is 0 Å². The highest BCUT2D eigenvalue weighted by Crippen LogP contribution is 2.33. The van der Waals surface area contributed by atoms with Crippen LogP contribution in [0.1, 0.15) is 45.6 Å². The van der Waals surface area contributed by atoms with Gasteiger partial charge in [0.25, 0.3) is 10.0 Å². The maximum absolute atomic E-state index is 14.2. The topological polar surface area (TPSA) is 96.0 Å². The second kappa shape index (κ2) is 16.2. The molecule has 0 fully saturated rings. The average Bonchev–Trinajstić information content (AvgIpc) is 2.99. The van der Waals surface area contributed by atoms with E-state index in [-0.39, 0.29) is 23.0 Å². The fraction of sp³-hybridized carbons (Fsp3) is 0.375. The van der Waals surface area contributed by atoms with Crippen LogP contribution < -0.4 is 14.4 Å². The van der Waals surface area contributed by atoms with Crippen molar-refractivity contribution < 1.29 is 22.7 Å². The van der Waals surface area contributed by atoms with Gasteiger partial charge < -0.3 is 15.0 Å². The summed E-state index contributed by atoms with van der Waals surface area (Å²) in [5.41, 5.74) is 1.23. The van der Waals surface area contributed by atoms with E-state index in [1.165, 1.54) is 29.2 Å². The molecular formula is C32H40ClN3O5S. The molecule has 0 aliphatic heterocycles. The van der Waals surface area contributed by atoms with Crippen LogP contribution >= 0.6 is 11.6 Å². The summed E-state index contributed by atoms with van der Waals surface area (Å²) in [6, 6.07) is 21.4. The normalized spacial score (nSPS) is 11.9. The van der Waals surface area contributed by atoms with Gasteiger partial charge in [-0.1, -0.05) is 74.3 Å². The lowest BCUT2D eigenvalue weighted by Gasteiger charge is -2.33. The van der Waals surface area contributed by atoms with Gasteiger partial charge in [0, 0.05) is 18.1 Å². The Morgan fingerprint density at radius 2 is 1.60 bits per heavy atom. The average molecular weight is 614 g/mol. The van der Waals surface area contributed by atoms with Crippen molar-refractivity contribution in [1.82, 2.24) is 10.2 Å². The number of para-hydroxylation sites is 2. The smallest absolute Gasteiger partial charge is 0.264 e. The number of anilines is 1. The molecule has 0 saturated heterocycles. The molecule has 1 N–H and O–H groups in total. The van der Waals surface area contributed by atoms with Crippen LogP contribution in [0.2, 0.25) is 5.02 Å². The van der Waals surface area contributed by atoms with Gasteiger partial charge in [-0.25, -0.2) is 8.42 Å². The molecule has 10 heteroatoms. The van der Waals surface area contributed by atoms with E-state index < -0.39 is 28.5 Å². The van der Waals surface area contributed by atoms with Crippen molar-refractivity contribution in [2.24, 2.45) is 0 Å². The van der Waals surface area contributed by atoms with E-state index in [4.69, 9.17) is 16.3 Å². The zero-order chi connectivity index (χ0) is 30.5. The zero-order valence-electron chi connectivity index (χ0n) is 24.5. The van der Waals surface area contributed by atoms with E-state index in [1.54, 1.807) is 31.2 Å². The molecule has 1 atom stereocenters. The molecule has 3 rings (SSSR count). The molecule has 1 unspecified atom stereocenters. The molecule has 0 radical (unpaired) electrons. The predicted octanol–water partition coefficient (Wildman–Crippen LogP) is 5.70. The Labute approximate surface area is 254 Å². The van der Waals surface area contributed by atoms with Gasteiger partial charge in [-0.3, -0.25) is 13.9 Å². The Hall–Kier alpha value is -3.56. The van der Waals surface area contributed by atoms with Crippen LogP contribution in [0.15, 0.2) is 83.8 Å². The zero-order valence-corrected chi connectivity index (χ0v) is 26.0. The fourth-order valence-corrected chi connectivity index (χ4v) is 6.14. The minimum absolute atomic E-state index is 0.0220. The number of hydrogen-bond acceptors (Lipinski definition) is 5. The van der Waals surface area contributed by atoms with Crippen molar-refractivity contribution >= 4 is 39.1 Å². The molecule has 42 heavy (non-hydrogen) atoms. The van der Waals surface area contributed by atoms with Gasteiger partial charge in [0.2, 0.25) is 11.8 Å². The standard InChI is InChI=1S/C32H40ClN3O5S/c1-4-7-22-34-32(38)28(5-2)35(23-21-25-13-9-8-10-14-25)31(37)24-36(29-15-11-12-16-30(29)41-6-3)42(39,40)27-19-17-26(33)18-20-27/h8-20,28H,4-7,21-24H2,1-3H3,(H,34,38). The fourth-order valence-electron chi connectivity index (χ4n) is 4.59. The minimum atomic E-state index is -4.23. The van der Waals surface area contributed by atoms with Crippen molar-refractivity contribution in [2.45, 2.75) is 57.4 Å². The molecule has 0 aliphatic rings. The van der Waals surface area contributed by atoms with Gasteiger partial charge in [-0.2, -0.15) is 0 Å². The van der Waals surface area contributed by atoms with Gasteiger partial charge >= 0.3 is 0 Å². The number of ether oxygens (including phenoxy) is 1. The molecule has 0 saturated carbocycles. The second-order valence-electron chi connectivity index (χ2n) is 9.76. The Kier molecular flexibility index (Phi) is 12.7. The third-order valence-corrected chi connectivity index (χ3v) is 8.84. The predicted molar refractivity (Wildman–Crippen MR) is 167 cm³/mol. The summed E-state index contributed by atoms with van der Waals surface area (Å²) in [7, 11) is -4.23. The molecule has 0 spiro atoms. The lowest BCUT2D eigenvalue weighted by Crippen LogP contribution is -2.53. The number of hydrogen-bond donors (Lipinski definition) is 1. The Morgan fingerprint density at radius 1 is 0.929 bits per heavy atom. The maximum Gasteiger partial charge on any atom is 0.264 e. The van der Waals surface area contributed by atoms with E-state index in [0.717, 1.165) is 22.7 Å². The van der Waals surface area contributed by atoms with Crippen LogP contribution in [0.5, 0.6) is 5.75 Å². The van der Waals surface area contributed by atoms with Gasteiger partial charge in [0.15, 0.2) is 0 Å². The lowest BCUT2D eigenvalue weighted by molar-refractivity contribution is -0.139. The molecule has 8 nitrogen and oxygen atoms in total. The number of unbranched alkanes of at least 4 members (excludes halogenated alkanes) is 1. The number of amides is 2. The molecule has 2 amide bonds. The van der Waals surface area contributed by atoms with Gasteiger partial charge in [-0.05, 0) is 68.1 Å². The van der Waals surface area contributed by atoms with E-state index in [2.05, 4.69) is 5.32 Å². The van der Waals surface area contributed by atoms with E-state index in [1.807, 2.05) is 44.2 Å². The minimum Gasteiger partial charge on any atom is -0.492 e. The number of halogens is 1. The number of carbonyl (C=O) groups excluding carboxylic acids is 2. The quantitative estimate of drug-likeness (QED) is 0.209. The third-order valence-electron chi connectivity index (χ3n) is 6.81. The summed E-state index contributed by atoms with van der Waals surface area (Å²) in [5, 5.41) is 3.33. The number of benzene rings is 3. The highest BCUT2D eigenvalue weighted by atomic mass is 35.5. The monoisotopic (exact) mass is 613 g/mol. The highest BCUT2D eigenvalue weighted by Gasteiger charge is 2.34. The SMILES string of the molecule is CCCCNC(=O)C(CC)N(CCc1ccccc1)C(=O)CN(c1ccccc1OCC)S(=O)(=O)c1ccc(Cl)cc1. The van der Waals surface area contributed by atoms with E-state index >= 15 is 0 Å². The highest BCUT2D eigenvalue weighted by molar-refractivity contribution is 7.92. The summed E-state index contributed by atoms with van der Waals surface area (Å²) >= 11 is 6.03. The lowest BCUT2D eigenvalue weighted by atomic mass is 10.1. The first-order valence-corrected chi connectivity index (χ1v) is 16.2. The number of nitrogens with zero attached hydrogens (tertiary/aromatic N) is 2. The number of nitrogens with one attached hydrogen (secondary N) is 1. The molecule has 0 bridgehead atoms. The van der Waals surface area contributed by atoms with Crippen LogP contribution in [0.4, 0.5) is 5.69 Å². The van der Waals surface area contributed by atoms with E-state index in [9.17, 15) is 18.0 Å². The third kappa shape index (κ3) is 8.72. The molecule has 0 heterocycles. The first-order valence-electron chi connectivity index (χ1n) is 14.3. The van der Waals surface area contributed by atoms with Crippen LogP contribution in [-0.4, -0.2) is 57.4 Å². The number of carbonyl (C=O) groups is 2. The number of sulfonamides is 1. The Balaban J connectivity index is 2.03. The van der Waals surface area contributed by atoms with Gasteiger partial charge in [-0.15, -0.1) is 0 Å². The largest absolute Gasteiger partial charge is 0.492 e. The molecule has 0 aromatic heterocycles. The van der Waals surface area contributed by atoms with Crippen molar-refractivity contribution in [2.75, 3.05) is 30.5 Å². The molecular weight excluding hydrogens is 574 g/mol. The van der Waals surface area contributed by atoms with Gasteiger partial charge in [0.05, 0.1) is 17.2 Å². The Morgan fingerprint density at radius 3 is 2.24 bits per heavy atom. The maximum atomic E-state index is 14.2. The van der Waals surface area contributed by atoms with Crippen LogP contribution in [0.25, 0.3) is 0 Å². The molecule has 226 valence electrons. The van der Waals surface area contributed by atoms with Crippen LogP contribution in [0.3, 0.4) is 0 Å². The van der Waals surface area contributed by atoms with Gasteiger partial charge in [0.1, 0.15) is 18.3 Å². The summed E-state index contributed by atoms with van der Waals surface area (Å²) in [5.74, 6) is -0.424. The first-order chi connectivity index (χ1) is 20.2. The number of rotatable bonds is 16. The summed E-state index contributed by atoms with van der Waals surface area (Å²) in [6.07, 6.45) is 2.62. The van der Waals surface area contributed by atoms with E-state index in [0.29, 0.717) is 36.8 Å². The van der Waals surface area contributed by atoms with Crippen molar-refractivity contribution in [1.29, 1.82) is 0 Å². The molecule has 0 aliphatic carbocycles. The van der Waals surface area contributed by atoms with Crippen LogP contribution in [-0.2, 0) is 26.0 Å². The van der Waals surface area contributed by atoms with Crippen molar-refractivity contribution in [3.8, 4) is 5.75 Å². The summed E-state index contributed by atoms with van der Waals surface area (Å²) in [6.45, 7) is 6.21. The van der Waals surface area contributed by atoms with Crippen molar-refractivity contribution in [3.05, 3.63) is 89.4 Å². The summed E-state index contributed by atoms with van der Waals surface area (Å²) < 4.78 is 34.9. The second-order valence-corrected chi connectivity index (χ2v) is 12.1. The molecule has 3 aromatic carbocycles. The molecule has 3 aromatic rings. The Bertz CT molecular complexity index is 1400. The first kappa shape index (κ1) is 32.9. The van der Waals surface area contributed by atoms with Crippen LogP contribution in [0, 0.1) is 0 Å². The summed E-state index contributed by atoms with van der Waals surface area (Å²) in [4.78, 5) is 28.9.